The molecule has 0 amide bonds. The Morgan fingerprint density at radius 3 is 2.67 bits per heavy atom. The van der Waals surface area contributed by atoms with Gasteiger partial charge in [-0.1, -0.05) is 11.6 Å². The lowest BCUT2D eigenvalue weighted by molar-refractivity contribution is 0.444. The van der Waals surface area contributed by atoms with Crippen molar-refractivity contribution in [1.82, 2.24) is 0 Å². The first kappa shape index (κ1) is 10.7. The van der Waals surface area contributed by atoms with Gasteiger partial charge in [0.1, 0.15) is 11.6 Å². The summed E-state index contributed by atoms with van der Waals surface area (Å²) in [5.74, 6) is -0.525. The SMILES string of the molecule is Cc1cc(Cl)c(O)c(C2(CN)CC2)c1F. The second-order valence-corrected chi connectivity index (χ2v) is 4.60. The van der Waals surface area contributed by atoms with Crippen molar-refractivity contribution in [2.24, 2.45) is 5.73 Å². The molecule has 15 heavy (non-hydrogen) atoms. The molecule has 3 N–H and O–H groups in total. The number of rotatable bonds is 2. The van der Waals surface area contributed by atoms with Crippen molar-refractivity contribution in [1.29, 1.82) is 0 Å². The molecule has 1 aliphatic carbocycles. The summed E-state index contributed by atoms with van der Waals surface area (Å²) in [6.45, 7) is 1.98. The molecule has 1 aromatic rings. The zero-order valence-electron chi connectivity index (χ0n) is 8.48. The molecule has 1 aliphatic rings. The predicted octanol–water partition coefficient (Wildman–Crippen LogP) is 2.48. The first-order valence-electron chi connectivity index (χ1n) is 4.90. The molecular weight excluding hydrogens is 217 g/mol. The molecule has 0 spiro atoms. The third-order valence-corrected chi connectivity index (χ3v) is 3.43. The van der Waals surface area contributed by atoms with Gasteiger partial charge in [0.05, 0.1) is 5.02 Å². The van der Waals surface area contributed by atoms with Crippen LogP contribution in [0.4, 0.5) is 4.39 Å². The topological polar surface area (TPSA) is 46.2 Å². The van der Waals surface area contributed by atoms with Crippen LogP contribution in [0.15, 0.2) is 6.07 Å². The summed E-state index contributed by atoms with van der Waals surface area (Å²) in [6, 6.07) is 1.43. The number of aryl methyl sites for hydroxylation is 1. The van der Waals surface area contributed by atoms with E-state index in [1.54, 1.807) is 6.92 Å². The van der Waals surface area contributed by atoms with Crippen LogP contribution >= 0.6 is 11.6 Å². The monoisotopic (exact) mass is 229 g/mol. The summed E-state index contributed by atoms with van der Waals surface area (Å²) in [5.41, 5.74) is 5.99. The molecule has 0 aliphatic heterocycles. The summed E-state index contributed by atoms with van der Waals surface area (Å²) in [7, 11) is 0. The Morgan fingerprint density at radius 2 is 2.20 bits per heavy atom. The van der Waals surface area contributed by atoms with Gasteiger partial charge < -0.3 is 10.8 Å². The average molecular weight is 230 g/mol. The highest BCUT2D eigenvalue weighted by atomic mass is 35.5. The zero-order chi connectivity index (χ0) is 11.2. The molecule has 0 saturated heterocycles. The third-order valence-electron chi connectivity index (χ3n) is 3.15. The van der Waals surface area contributed by atoms with Gasteiger partial charge in [-0.25, -0.2) is 4.39 Å². The maximum atomic E-state index is 13.9. The fourth-order valence-corrected chi connectivity index (χ4v) is 2.19. The maximum Gasteiger partial charge on any atom is 0.140 e. The minimum atomic E-state index is -0.385. The van der Waals surface area contributed by atoms with Gasteiger partial charge in [0, 0.05) is 17.5 Å². The van der Waals surface area contributed by atoms with Crippen LogP contribution in [0.25, 0.3) is 0 Å². The number of aromatic hydroxyl groups is 1. The van der Waals surface area contributed by atoms with Crippen molar-refractivity contribution in [3.8, 4) is 5.75 Å². The number of benzene rings is 1. The predicted molar refractivity (Wildman–Crippen MR) is 57.8 cm³/mol. The van der Waals surface area contributed by atoms with Crippen molar-refractivity contribution in [2.45, 2.75) is 25.2 Å². The standard InChI is InChI=1S/C11H13ClFNO/c1-6-4-7(12)10(15)8(9(6)13)11(5-14)2-3-11/h4,15H,2-3,5,14H2,1H3. The van der Waals surface area contributed by atoms with E-state index >= 15 is 0 Å². The third kappa shape index (κ3) is 1.50. The second-order valence-electron chi connectivity index (χ2n) is 4.20. The molecule has 0 radical (unpaired) electrons. The van der Waals surface area contributed by atoms with Gasteiger partial charge in [0.25, 0.3) is 0 Å². The highest BCUT2D eigenvalue weighted by Gasteiger charge is 2.47. The van der Waals surface area contributed by atoms with Crippen LogP contribution in [0.1, 0.15) is 24.0 Å². The van der Waals surface area contributed by atoms with Gasteiger partial charge in [0.2, 0.25) is 0 Å². The lowest BCUT2D eigenvalue weighted by Gasteiger charge is -2.17. The van der Waals surface area contributed by atoms with E-state index in [9.17, 15) is 9.50 Å². The smallest absolute Gasteiger partial charge is 0.140 e. The minimum absolute atomic E-state index is 0.150. The highest BCUT2D eigenvalue weighted by Crippen LogP contribution is 2.53. The van der Waals surface area contributed by atoms with Gasteiger partial charge in [0.15, 0.2) is 0 Å². The number of hydrogen-bond acceptors (Lipinski definition) is 2. The van der Waals surface area contributed by atoms with E-state index in [2.05, 4.69) is 0 Å². The van der Waals surface area contributed by atoms with E-state index in [1.165, 1.54) is 6.07 Å². The molecule has 2 nitrogen and oxygen atoms in total. The van der Waals surface area contributed by atoms with Crippen molar-refractivity contribution in [3.05, 3.63) is 28.0 Å². The maximum absolute atomic E-state index is 13.9. The van der Waals surface area contributed by atoms with Crippen molar-refractivity contribution < 1.29 is 9.50 Å². The van der Waals surface area contributed by atoms with Crippen LogP contribution in [0.3, 0.4) is 0 Å². The fraction of sp³-hybridized carbons (Fsp3) is 0.455. The van der Waals surface area contributed by atoms with Crippen LogP contribution in [0, 0.1) is 12.7 Å². The normalized spacial score (nSPS) is 17.9. The van der Waals surface area contributed by atoms with E-state index < -0.39 is 0 Å². The Morgan fingerprint density at radius 1 is 1.60 bits per heavy atom. The molecule has 0 aromatic heterocycles. The molecule has 0 atom stereocenters. The first-order valence-corrected chi connectivity index (χ1v) is 5.28. The number of hydrogen-bond donors (Lipinski definition) is 2. The number of phenolic OH excluding ortho intramolecular Hbond substituents is 1. The van der Waals surface area contributed by atoms with E-state index in [0.717, 1.165) is 12.8 Å². The summed E-state index contributed by atoms with van der Waals surface area (Å²) in [4.78, 5) is 0. The van der Waals surface area contributed by atoms with E-state index in [4.69, 9.17) is 17.3 Å². The van der Waals surface area contributed by atoms with Gasteiger partial charge >= 0.3 is 0 Å². The van der Waals surface area contributed by atoms with Gasteiger partial charge in [-0.2, -0.15) is 0 Å². The molecule has 2 rings (SSSR count). The minimum Gasteiger partial charge on any atom is -0.506 e. The van der Waals surface area contributed by atoms with Crippen LogP contribution in [-0.4, -0.2) is 11.7 Å². The van der Waals surface area contributed by atoms with E-state index in [-0.39, 0.29) is 22.0 Å². The van der Waals surface area contributed by atoms with Gasteiger partial charge in [-0.05, 0) is 31.4 Å². The largest absolute Gasteiger partial charge is 0.506 e. The summed E-state index contributed by atoms with van der Waals surface area (Å²) in [6.07, 6.45) is 1.63. The number of nitrogens with two attached hydrogens (primary N) is 1. The van der Waals surface area contributed by atoms with Crippen molar-refractivity contribution >= 4 is 11.6 Å². The Labute approximate surface area is 92.9 Å². The molecule has 4 heteroatoms. The summed E-state index contributed by atoms with van der Waals surface area (Å²) in [5, 5.41) is 9.98. The molecule has 82 valence electrons. The molecule has 0 bridgehead atoms. The van der Waals surface area contributed by atoms with Crippen molar-refractivity contribution in [3.63, 3.8) is 0 Å². The van der Waals surface area contributed by atoms with Crippen LogP contribution in [-0.2, 0) is 5.41 Å². The number of phenols is 1. The molecule has 0 unspecified atom stereocenters. The second kappa shape index (κ2) is 3.35. The lowest BCUT2D eigenvalue weighted by Crippen LogP contribution is -2.21. The molecule has 1 aromatic carbocycles. The zero-order valence-corrected chi connectivity index (χ0v) is 9.24. The van der Waals surface area contributed by atoms with Crippen LogP contribution in [0.2, 0.25) is 5.02 Å². The Balaban J connectivity index is 2.64. The van der Waals surface area contributed by atoms with E-state index in [0.29, 0.717) is 17.7 Å². The molecular formula is C11H13ClFNO. The Hall–Kier alpha value is -0.800. The van der Waals surface area contributed by atoms with E-state index in [1.807, 2.05) is 0 Å². The van der Waals surface area contributed by atoms with Crippen LogP contribution in [0.5, 0.6) is 5.75 Å². The average Bonchev–Trinajstić information content (AvgIpc) is 2.96. The van der Waals surface area contributed by atoms with Gasteiger partial charge in [-0.3, -0.25) is 0 Å². The molecule has 1 fully saturated rings. The molecule has 0 heterocycles. The van der Waals surface area contributed by atoms with Crippen molar-refractivity contribution in [2.75, 3.05) is 6.54 Å². The number of halogens is 2. The highest BCUT2D eigenvalue weighted by molar-refractivity contribution is 6.32. The quantitative estimate of drug-likeness (QED) is 0.819. The first-order chi connectivity index (χ1) is 7.02. The van der Waals surface area contributed by atoms with Gasteiger partial charge in [-0.15, -0.1) is 0 Å². The molecule has 1 saturated carbocycles. The Bertz CT molecular complexity index is 389. The Kier molecular flexibility index (Phi) is 2.40. The van der Waals surface area contributed by atoms with Crippen LogP contribution < -0.4 is 5.73 Å². The lowest BCUT2D eigenvalue weighted by atomic mass is 9.93. The summed E-state index contributed by atoms with van der Waals surface area (Å²) >= 11 is 5.82. The summed E-state index contributed by atoms with van der Waals surface area (Å²) < 4.78 is 13.9. The fourth-order valence-electron chi connectivity index (χ4n) is 1.93.